The van der Waals surface area contributed by atoms with Gasteiger partial charge in [0.15, 0.2) is 0 Å². The summed E-state index contributed by atoms with van der Waals surface area (Å²) in [4.78, 5) is 26.4. The summed E-state index contributed by atoms with van der Waals surface area (Å²) in [5.74, 6) is -0.0668. The van der Waals surface area contributed by atoms with E-state index in [9.17, 15) is 14.0 Å². The molecule has 1 fully saturated rings. The summed E-state index contributed by atoms with van der Waals surface area (Å²) < 4.78 is 14.0. The number of anilines is 2. The fourth-order valence-corrected chi connectivity index (χ4v) is 4.72. The molecule has 0 radical (unpaired) electrons. The molecule has 0 bridgehead atoms. The Kier molecular flexibility index (Phi) is 6.37. The zero-order valence-corrected chi connectivity index (χ0v) is 18.0. The number of aryl methyl sites for hydroxylation is 2. The van der Waals surface area contributed by atoms with Crippen molar-refractivity contribution >= 4 is 35.0 Å². The first kappa shape index (κ1) is 21.1. The molecule has 1 N–H and O–H groups in total. The lowest BCUT2D eigenvalue weighted by atomic mass is 10.1. The molecule has 1 heterocycles. The van der Waals surface area contributed by atoms with Gasteiger partial charge >= 0.3 is 0 Å². The van der Waals surface area contributed by atoms with Crippen molar-refractivity contribution in [1.29, 1.82) is 0 Å². The van der Waals surface area contributed by atoms with E-state index in [1.54, 1.807) is 24.0 Å². The van der Waals surface area contributed by atoms with E-state index in [4.69, 9.17) is 0 Å². The van der Waals surface area contributed by atoms with Gasteiger partial charge in [0.05, 0.1) is 5.75 Å². The first-order chi connectivity index (χ1) is 15.0. The number of thioether (sulfide) groups is 1. The third-order valence-corrected chi connectivity index (χ3v) is 6.48. The van der Waals surface area contributed by atoms with Crippen molar-refractivity contribution in [3.05, 3.63) is 95.3 Å². The Hall–Kier alpha value is -3.12. The van der Waals surface area contributed by atoms with Crippen LogP contribution in [0.25, 0.3) is 0 Å². The summed E-state index contributed by atoms with van der Waals surface area (Å²) in [6.07, 6.45) is 1.10. The van der Waals surface area contributed by atoms with Gasteiger partial charge in [0.2, 0.25) is 11.8 Å². The maximum absolute atomic E-state index is 14.0. The molecular formula is C25H23FN2O2S. The van der Waals surface area contributed by atoms with Crippen molar-refractivity contribution in [2.24, 2.45) is 0 Å². The van der Waals surface area contributed by atoms with Crippen LogP contribution in [0, 0.1) is 12.7 Å². The van der Waals surface area contributed by atoms with Gasteiger partial charge in [0.25, 0.3) is 0 Å². The molecule has 0 aromatic heterocycles. The second-order valence-electron chi connectivity index (χ2n) is 7.52. The Bertz CT molecular complexity index is 1090. The first-order valence-electron chi connectivity index (χ1n) is 10.1. The average molecular weight is 435 g/mol. The van der Waals surface area contributed by atoms with Crippen LogP contribution in [0.2, 0.25) is 0 Å². The van der Waals surface area contributed by atoms with Crippen LogP contribution in [-0.2, 0) is 16.0 Å². The average Bonchev–Trinajstić information content (AvgIpc) is 3.17. The van der Waals surface area contributed by atoms with E-state index in [0.717, 1.165) is 11.1 Å². The van der Waals surface area contributed by atoms with Gasteiger partial charge in [0.1, 0.15) is 11.2 Å². The molecule has 1 saturated heterocycles. The van der Waals surface area contributed by atoms with E-state index in [2.05, 4.69) is 5.32 Å². The summed E-state index contributed by atoms with van der Waals surface area (Å²) in [5, 5.41) is 2.69. The molecule has 1 aliphatic rings. The minimum absolute atomic E-state index is 0.0428. The molecule has 1 atom stereocenters. The highest BCUT2D eigenvalue weighted by atomic mass is 32.2. The topological polar surface area (TPSA) is 49.4 Å². The number of nitrogens with one attached hydrogen (secondary N) is 1. The minimum atomic E-state index is -0.325. The fraction of sp³-hybridized carbons (Fsp3) is 0.200. The third kappa shape index (κ3) is 4.97. The summed E-state index contributed by atoms with van der Waals surface area (Å²) in [5.41, 5.74) is 3.88. The maximum Gasteiger partial charge on any atom is 0.238 e. The van der Waals surface area contributed by atoms with Crippen molar-refractivity contribution in [1.82, 2.24) is 0 Å². The number of hydrogen-bond acceptors (Lipinski definition) is 3. The SMILES string of the molecule is Cc1ccc(N2C(=O)CS[C@H]2c2ccc(NC(=O)CCc3ccccc3)cc2)cc1F. The van der Waals surface area contributed by atoms with E-state index >= 15 is 0 Å². The molecule has 4 nitrogen and oxygen atoms in total. The van der Waals surface area contributed by atoms with E-state index in [1.165, 1.54) is 17.8 Å². The lowest BCUT2D eigenvalue weighted by Crippen LogP contribution is -2.28. The van der Waals surface area contributed by atoms with Crippen molar-refractivity contribution in [2.45, 2.75) is 25.1 Å². The van der Waals surface area contributed by atoms with Crippen LogP contribution in [0.15, 0.2) is 72.8 Å². The molecule has 6 heteroatoms. The molecule has 31 heavy (non-hydrogen) atoms. The molecule has 0 saturated carbocycles. The Morgan fingerprint density at radius 3 is 2.55 bits per heavy atom. The summed E-state index contributed by atoms with van der Waals surface area (Å²) in [6, 6.07) is 22.3. The van der Waals surface area contributed by atoms with Gasteiger partial charge in [-0.05, 0) is 54.3 Å². The van der Waals surface area contributed by atoms with Gasteiger partial charge in [-0.25, -0.2) is 4.39 Å². The highest BCUT2D eigenvalue weighted by Gasteiger charge is 2.34. The molecule has 4 rings (SSSR count). The molecule has 3 aromatic rings. The molecule has 2 amide bonds. The monoisotopic (exact) mass is 434 g/mol. The second-order valence-corrected chi connectivity index (χ2v) is 8.58. The normalized spacial score (nSPS) is 15.9. The molecule has 0 aliphatic carbocycles. The molecular weight excluding hydrogens is 411 g/mol. The van der Waals surface area contributed by atoms with Crippen LogP contribution in [-0.4, -0.2) is 17.6 Å². The number of halogens is 1. The van der Waals surface area contributed by atoms with Gasteiger partial charge in [0, 0.05) is 17.8 Å². The Morgan fingerprint density at radius 2 is 1.84 bits per heavy atom. The number of carbonyl (C=O) groups excluding carboxylic acids is 2. The Morgan fingerprint density at radius 1 is 1.10 bits per heavy atom. The van der Waals surface area contributed by atoms with Crippen LogP contribution < -0.4 is 10.2 Å². The Balaban J connectivity index is 1.42. The van der Waals surface area contributed by atoms with Crippen LogP contribution in [0.1, 0.15) is 28.5 Å². The number of benzene rings is 3. The Labute approximate surface area is 185 Å². The minimum Gasteiger partial charge on any atom is -0.326 e. The highest BCUT2D eigenvalue weighted by molar-refractivity contribution is 8.00. The van der Waals surface area contributed by atoms with Crippen molar-refractivity contribution in [3.63, 3.8) is 0 Å². The number of carbonyl (C=O) groups is 2. The van der Waals surface area contributed by atoms with Crippen molar-refractivity contribution in [3.8, 4) is 0 Å². The molecule has 3 aromatic carbocycles. The van der Waals surface area contributed by atoms with Gasteiger partial charge < -0.3 is 5.32 Å². The van der Waals surface area contributed by atoms with Crippen LogP contribution >= 0.6 is 11.8 Å². The highest BCUT2D eigenvalue weighted by Crippen LogP contribution is 2.42. The predicted octanol–water partition coefficient (Wildman–Crippen LogP) is 5.48. The van der Waals surface area contributed by atoms with E-state index in [0.29, 0.717) is 35.5 Å². The molecule has 0 unspecified atom stereocenters. The van der Waals surface area contributed by atoms with Gasteiger partial charge in [-0.15, -0.1) is 11.8 Å². The second kappa shape index (κ2) is 9.35. The smallest absolute Gasteiger partial charge is 0.238 e. The maximum atomic E-state index is 14.0. The molecule has 0 spiro atoms. The third-order valence-electron chi connectivity index (χ3n) is 5.26. The lowest BCUT2D eigenvalue weighted by Gasteiger charge is -2.25. The van der Waals surface area contributed by atoms with Gasteiger partial charge in [-0.3, -0.25) is 14.5 Å². The van der Waals surface area contributed by atoms with Crippen molar-refractivity contribution in [2.75, 3.05) is 16.0 Å². The predicted molar refractivity (Wildman–Crippen MR) is 124 cm³/mol. The van der Waals surface area contributed by atoms with E-state index in [-0.39, 0.29) is 23.0 Å². The van der Waals surface area contributed by atoms with Gasteiger partial charge in [-0.1, -0.05) is 48.5 Å². The summed E-state index contributed by atoms with van der Waals surface area (Å²) in [7, 11) is 0. The van der Waals surface area contributed by atoms with Crippen LogP contribution in [0.4, 0.5) is 15.8 Å². The largest absolute Gasteiger partial charge is 0.326 e. The number of amides is 2. The van der Waals surface area contributed by atoms with E-state index in [1.807, 2.05) is 54.6 Å². The number of nitrogens with zero attached hydrogens (tertiary/aromatic N) is 1. The zero-order chi connectivity index (χ0) is 21.8. The zero-order valence-electron chi connectivity index (χ0n) is 17.2. The summed E-state index contributed by atoms with van der Waals surface area (Å²) in [6.45, 7) is 1.70. The summed E-state index contributed by atoms with van der Waals surface area (Å²) >= 11 is 1.51. The lowest BCUT2D eigenvalue weighted by molar-refractivity contribution is -0.116. The number of hydrogen-bond donors (Lipinski definition) is 1. The molecule has 158 valence electrons. The van der Waals surface area contributed by atoms with Crippen LogP contribution in [0.5, 0.6) is 0 Å². The van der Waals surface area contributed by atoms with Crippen LogP contribution in [0.3, 0.4) is 0 Å². The fourth-order valence-electron chi connectivity index (χ4n) is 3.54. The van der Waals surface area contributed by atoms with Crippen molar-refractivity contribution < 1.29 is 14.0 Å². The van der Waals surface area contributed by atoms with E-state index < -0.39 is 0 Å². The first-order valence-corrected chi connectivity index (χ1v) is 11.2. The number of rotatable bonds is 6. The van der Waals surface area contributed by atoms with Gasteiger partial charge in [-0.2, -0.15) is 0 Å². The quantitative estimate of drug-likeness (QED) is 0.559. The standard InChI is InChI=1S/C25H23FN2O2S/c1-17-7-13-21(15-22(17)26)28-24(30)16-31-25(28)19-9-11-20(12-10-19)27-23(29)14-8-18-5-3-2-4-6-18/h2-7,9-13,15,25H,8,14,16H2,1H3,(H,27,29)/t25-/m0/s1. The molecule has 1 aliphatic heterocycles.